The fraction of sp³-hybridized carbons (Fsp3) is 0.647. The molecule has 1 aromatic rings. The van der Waals surface area contributed by atoms with Gasteiger partial charge < -0.3 is 10.4 Å². The monoisotopic (exact) mass is 297 g/mol. The van der Waals surface area contributed by atoms with Crippen molar-refractivity contribution in [2.24, 2.45) is 5.41 Å². The van der Waals surface area contributed by atoms with E-state index in [0.29, 0.717) is 0 Å². The van der Waals surface area contributed by atoms with Gasteiger partial charge in [0.1, 0.15) is 0 Å². The fourth-order valence-electron chi connectivity index (χ4n) is 2.56. The molecule has 114 valence electrons. The van der Waals surface area contributed by atoms with Gasteiger partial charge in [0.25, 0.3) is 0 Å². The molecular formula is C17H28ClNO. The molecule has 3 heteroatoms. The van der Waals surface area contributed by atoms with Crippen molar-refractivity contribution < 1.29 is 5.11 Å². The Morgan fingerprint density at radius 3 is 2.55 bits per heavy atom. The molecule has 0 saturated heterocycles. The molecule has 1 atom stereocenters. The Kier molecular flexibility index (Phi) is 7.01. The number of rotatable bonds is 7. The second-order valence-corrected chi connectivity index (χ2v) is 6.99. The van der Waals surface area contributed by atoms with Gasteiger partial charge >= 0.3 is 0 Å². The van der Waals surface area contributed by atoms with E-state index in [9.17, 15) is 5.11 Å². The first-order valence-corrected chi connectivity index (χ1v) is 7.85. The number of aliphatic hydroxyl groups is 1. The van der Waals surface area contributed by atoms with Crippen LogP contribution in [-0.2, 0) is 12.8 Å². The van der Waals surface area contributed by atoms with E-state index in [1.54, 1.807) is 0 Å². The van der Waals surface area contributed by atoms with Crippen LogP contribution < -0.4 is 5.32 Å². The molecular weight excluding hydrogens is 270 g/mol. The predicted octanol–water partition coefficient (Wildman–Crippen LogP) is 3.83. The van der Waals surface area contributed by atoms with Gasteiger partial charge in [0.2, 0.25) is 0 Å². The molecule has 0 aliphatic carbocycles. The summed E-state index contributed by atoms with van der Waals surface area (Å²) in [5.41, 5.74) is 2.77. The molecule has 20 heavy (non-hydrogen) atoms. The first kappa shape index (κ1) is 17.5. The van der Waals surface area contributed by atoms with Crippen molar-refractivity contribution >= 4 is 11.6 Å². The molecule has 0 heterocycles. The Bertz CT molecular complexity index is 412. The van der Waals surface area contributed by atoms with Gasteiger partial charge in [-0.1, -0.05) is 51.4 Å². The fourth-order valence-corrected chi connectivity index (χ4v) is 2.84. The van der Waals surface area contributed by atoms with Crippen LogP contribution in [0.5, 0.6) is 0 Å². The van der Waals surface area contributed by atoms with Gasteiger partial charge in [-0.05, 0) is 48.4 Å². The molecule has 0 fully saturated rings. The standard InChI is InChI=1S/C17H28ClNO/c1-5-13-7-6-8-16(18)15(13)9-10-19-14(12-20)11-17(2,3)4/h6-8,14,19-20H,5,9-12H2,1-4H3. The van der Waals surface area contributed by atoms with E-state index >= 15 is 0 Å². The Morgan fingerprint density at radius 1 is 1.30 bits per heavy atom. The Balaban J connectivity index is 2.55. The van der Waals surface area contributed by atoms with Crippen LogP contribution in [-0.4, -0.2) is 24.3 Å². The number of hydrogen-bond donors (Lipinski definition) is 2. The molecule has 0 aromatic heterocycles. The zero-order valence-electron chi connectivity index (χ0n) is 13.2. The smallest absolute Gasteiger partial charge is 0.0584 e. The van der Waals surface area contributed by atoms with Gasteiger partial charge in [0.05, 0.1) is 6.61 Å². The van der Waals surface area contributed by atoms with Gasteiger partial charge in [-0.15, -0.1) is 0 Å². The predicted molar refractivity (Wildman–Crippen MR) is 87.5 cm³/mol. The van der Waals surface area contributed by atoms with Crippen LogP contribution in [0.2, 0.25) is 5.02 Å². The highest BCUT2D eigenvalue weighted by Crippen LogP contribution is 2.22. The first-order chi connectivity index (χ1) is 9.37. The lowest BCUT2D eigenvalue weighted by molar-refractivity contribution is 0.199. The van der Waals surface area contributed by atoms with Crippen molar-refractivity contribution in [1.82, 2.24) is 5.32 Å². The van der Waals surface area contributed by atoms with Gasteiger partial charge in [-0.3, -0.25) is 0 Å². The number of hydrogen-bond acceptors (Lipinski definition) is 2. The van der Waals surface area contributed by atoms with Crippen LogP contribution in [0.25, 0.3) is 0 Å². The van der Waals surface area contributed by atoms with Crippen LogP contribution in [0.3, 0.4) is 0 Å². The minimum absolute atomic E-state index is 0.155. The lowest BCUT2D eigenvalue weighted by Gasteiger charge is -2.25. The van der Waals surface area contributed by atoms with E-state index in [2.05, 4.69) is 39.1 Å². The summed E-state index contributed by atoms with van der Waals surface area (Å²) >= 11 is 6.29. The summed E-state index contributed by atoms with van der Waals surface area (Å²) < 4.78 is 0. The summed E-state index contributed by atoms with van der Waals surface area (Å²) in [6.07, 6.45) is 2.87. The van der Waals surface area contributed by atoms with E-state index in [1.807, 2.05) is 12.1 Å². The van der Waals surface area contributed by atoms with Gasteiger partial charge in [-0.2, -0.15) is 0 Å². The van der Waals surface area contributed by atoms with Crippen molar-refractivity contribution in [2.75, 3.05) is 13.2 Å². The topological polar surface area (TPSA) is 32.3 Å². The van der Waals surface area contributed by atoms with E-state index in [-0.39, 0.29) is 18.1 Å². The number of aryl methyl sites for hydroxylation is 1. The molecule has 0 bridgehead atoms. The number of halogens is 1. The number of nitrogens with one attached hydrogen (secondary N) is 1. The summed E-state index contributed by atoms with van der Waals surface area (Å²) in [6, 6.07) is 6.26. The zero-order valence-corrected chi connectivity index (χ0v) is 13.9. The third-order valence-electron chi connectivity index (χ3n) is 3.48. The molecule has 0 aliphatic heterocycles. The molecule has 2 N–H and O–H groups in total. The maximum atomic E-state index is 9.45. The van der Waals surface area contributed by atoms with Crippen molar-refractivity contribution in [3.63, 3.8) is 0 Å². The summed E-state index contributed by atoms with van der Waals surface area (Å²) in [6.45, 7) is 9.76. The maximum Gasteiger partial charge on any atom is 0.0584 e. The quantitative estimate of drug-likeness (QED) is 0.801. The largest absolute Gasteiger partial charge is 0.395 e. The Morgan fingerprint density at radius 2 is 2.00 bits per heavy atom. The van der Waals surface area contributed by atoms with Gasteiger partial charge in [0.15, 0.2) is 0 Å². The highest BCUT2D eigenvalue weighted by atomic mass is 35.5. The third kappa shape index (κ3) is 5.82. The summed E-state index contributed by atoms with van der Waals surface area (Å²) in [7, 11) is 0. The molecule has 0 radical (unpaired) electrons. The van der Waals surface area contributed by atoms with Crippen molar-refractivity contribution in [3.05, 3.63) is 34.3 Å². The number of aliphatic hydroxyl groups excluding tert-OH is 1. The first-order valence-electron chi connectivity index (χ1n) is 7.48. The highest BCUT2D eigenvalue weighted by molar-refractivity contribution is 6.31. The lowest BCUT2D eigenvalue weighted by atomic mass is 9.88. The second kappa shape index (κ2) is 8.02. The maximum absolute atomic E-state index is 9.45. The summed E-state index contributed by atoms with van der Waals surface area (Å²) in [5.74, 6) is 0. The van der Waals surface area contributed by atoms with E-state index in [0.717, 1.165) is 30.8 Å². The van der Waals surface area contributed by atoms with Crippen LogP contribution in [0.15, 0.2) is 18.2 Å². The molecule has 1 unspecified atom stereocenters. The molecule has 1 aromatic carbocycles. The molecule has 0 spiro atoms. The van der Waals surface area contributed by atoms with Crippen LogP contribution in [0, 0.1) is 5.41 Å². The molecule has 1 rings (SSSR count). The van der Waals surface area contributed by atoms with Gasteiger partial charge in [0, 0.05) is 11.1 Å². The van der Waals surface area contributed by atoms with E-state index in [4.69, 9.17) is 11.6 Å². The molecule has 0 aliphatic rings. The van der Waals surface area contributed by atoms with Crippen molar-refractivity contribution in [2.45, 2.75) is 53.0 Å². The molecule has 0 saturated carbocycles. The SMILES string of the molecule is CCc1cccc(Cl)c1CCNC(CO)CC(C)(C)C. The summed E-state index contributed by atoms with van der Waals surface area (Å²) in [5, 5.41) is 13.7. The van der Waals surface area contributed by atoms with Crippen LogP contribution >= 0.6 is 11.6 Å². The lowest BCUT2D eigenvalue weighted by Crippen LogP contribution is -2.37. The average Bonchev–Trinajstić information content (AvgIpc) is 2.37. The van der Waals surface area contributed by atoms with Gasteiger partial charge in [-0.25, -0.2) is 0 Å². The molecule has 0 amide bonds. The number of benzene rings is 1. The van der Waals surface area contributed by atoms with E-state index < -0.39 is 0 Å². The Hall–Kier alpha value is -0.570. The Labute approximate surface area is 128 Å². The van der Waals surface area contributed by atoms with Crippen molar-refractivity contribution in [1.29, 1.82) is 0 Å². The van der Waals surface area contributed by atoms with Crippen molar-refractivity contribution in [3.8, 4) is 0 Å². The second-order valence-electron chi connectivity index (χ2n) is 6.58. The average molecular weight is 298 g/mol. The van der Waals surface area contributed by atoms with E-state index in [1.165, 1.54) is 11.1 Å². The zero-order chi connectivity index (χ0) is 15.2. The summed E-state index contributed by atoms with van der Waals surface area (Å²) in [4.78, 5) is 0. The minimum atomic E-state index is 0.155. The highest BCUT2D eigenvalue weighted by Gasteiger charge is 2.17. The molecule has 2 nitrogen and oxygen atoms in total. The van der Waals surface area contributed by atoms with Crippen LogP contribution in [0.1, 0.15) is 45.2 Å². The van der Waals surface area contributed by atoms with Crippen LogP contribution in [0.4, 0.5) is 0 Å². The third-order valence-corrected chi connectivity index (χ3v) is 3.84. The normalized spacial score (nSPS) is 13.5. The minimum Gasteiger partial charge on any atom is -0.395 e.